The Morgan fingerprint density at radius 3 is 2.26 bits per heavy atom. The SMILES string of the molecule is CC(C)(C)OC(=O)N1CCN(C(N)=O)[C@@H](C(=O)O)C1. The van der Waals surface area contributed by atoms with Gasteiger partial charge in [0.1, 0.15) is 11.6 Å². The Labute approximate surface area is 111 Å². The molecule has 1 atom stereocenters. The predicted molar refractivity (Wildman–Crippen MR) is 65.5 cm³/mol. The first-order chi connectivity index (χ1) is 8.61. The fraction of sp³-hybridized carbons (Fsp3) is 0.727. The molecular formula is C11H19N3O5. The van der Waals surface area contributed by atoms with Crippen LogP contribution >= 0.6 is 0 Å². The third-order valence-corrected chi connectivity index (χ3v) is 2.60. The van der Waals surface area contributed by atoms with E-state index < -0.39 is 29.7 Å². The minimum Gasteiger partial charge on any atom is -0.480 e. The predicted octanol–water partition coefficient (Wildman–Crippen LogP) is 0.0710. The van der Waals surface area contributed by atoms with Gasteiger partial charge in [0.05, 0.1) is 6.54 Å². The zero-order chi connectivity index (χ0) is 14.8. The number of primary amides is 1. The molecule has 1 aliphatic heterocycles. The van der Waals surface area contributed by atoms with Crippen molar-refractivity contribution in [3.05, 3.63) is 0 Å². The van der Waals surface area contributed by atoms with E-state index in [1.165, 1.54) is 4.90 Å². The molecule has 0 aliphatic carbocycles. The maximum atomic E-state index is 11.8. The Hall–Kier alpha value is -1.99. The van der Waals surface area contributed by atoms with E-state index in [0.717, 1.165) is 4.90 Å². The monoisotopic (exact) mass is 273 g/mol. The number of rotatable bonds is 1. The Kier molecular flexibility index (Phi) is 4.23. The lowest BCUT2D eigenvalue weighted by Gasteiger charge is -2.38. The molecule has 0 unspecified atom stereocenters. The largest absolute Gasteiger partial charge is 0.480 e. The molecule has 8 heteroatoms. The first kappa shape index (κ1) is 15.1. The van der Waals surface area contributed by atoms with Crippen molar-refractivity contribution in [3.8, 4) is 0 Å². The summed E-state index contributed by atoms with van der Waals surface area (Å²) in [5, 5.41) is 9.06. The second-order valence-corrected chi connectivity index (χ2v) is 5.31. The number of carbonyl (C=O) groups is 3. The van der Waals surface area contributed by atoms with Gasteiger partial charge < -0.3 is 25.4 Å². The zero-order valence-electron chi connectivity index (χ0n) is 11.3. The Morgan fingerprint density at radius 1 is 1.26 bits per heavy atom. The van der Waals surface area contributed by atoms with Crippen LogP contribution in [0.15, 0.2) is 0 Å². The van der Waals surface area contributed by atoms with Gasteiger partial charge in [0.15, 0.2) is 0 Å². The highest BCUT2D eigenvalue weighted by Gasteiger charge is 2.37. The number of amides is 3. The van der Waals surface area contributed by atoms with Crippen molar-refractivity contribution in [3.63, 3.8) is 0 Å². The van der Waals surface area contributed by atoms with E-state index in [1.807, 2.05) is 0 Å². The van der Waals surface area contributed by atoms with E-state index in [-0.39, 0.29) is 19.6 Å². The number of aliphatic carboxylic acids is 1. The quantitative estimate of drug-likeness (QED) is 0.702. The molecule has 1 fully saturated rings. The van der Waals surface area contributed by atoms with Crippen LogP contribution in [0.5, 0.6) is 0 Å². The average molecular weight is 273 g/mol. The third-order valence-electron chi connectivity index (χ3n) is 2.60. The van der Waals surface area contributed by atoms with Crippen molar-refractivity contribution in [2.45, 2.75) is 32.4 Å². The van der Waals surface area contributed by atoms with Gasteiger partial charge in [0.25, 0.3) is 0 Å². The molecule has 0 bridgehead atoms. The van der Waals surface area contributed by atoms with Crippen LogP contribution in [-0.2, 0) is 9.53 Å². The summed E-state index contributed by atoms with van der Waals surface area (Å²) in [6.07, 6.45) is -0.595. The molecule has 3 N–H and O–H groups in total. The minimum absolute atomic E-state index is 0.0749. The summed E-state index contributed by atoms with van der Waals surface area (Å²) in [7, 11) is 0. The smallest absolute Gasteiger partial charge is 0.410 e. The molecule has 0 spiro atoms. The number of hydrogen-bond acceptors (Lipinski definition) is 4. The van der Waals surface area contributed by atoms with Crippen molar-refractivity contribution >= 4 is 18.1 Å². The van der Waals surface area contributed by atoms with Crippen molar-refractivity contribution in [1.82, 2.24) is 9.80 Å². The van der Waals surface area contributed by atoms with E-state index in [0.29, 0.717) is 0 Å². The van der Waals surface area contributed by atoms with Crippen molar-refractivity contribution in [1.29, 1.82) is 0 Å². The number of piperazine rings is 1. The fourth-order valence-corrected chi connectivity index (χ4v) is 1.75. The van der Waals surface area contributed by atoms with E-state index in [1.54, 1.807) is 20.8 Å². The van der Waals surface area contributed by atoms with E-state index >= 15 is 0 Å². The van der Waals surface area contributed by atoms with Gasteiger partial charge in [-0.1, -0.05) is 0 Å². The second kappa shape index (κ2) is 5.33. The fourth-order valence-electron chi connectivity index (χ4n) is 1.75. The highest BCUT2D eigenvalue weighted by molar-refractivity contribution is 5.83. The lowest BCUT2D eigenvalue weighted by molar-refractivity contribution is -0.144. The molecule has 8 nitrogen and oxygen atoms in total. The summed E-state index contributed by atoms with van der Waals surface area (Å²) < 4.78 is 5.16. The van der Waals surface area contributed by atoms with Crippen LogP contribution in [0.1, 0.15) is 20.8 Å². The summed E-state index contributed by atoms with van der Waals surface area (Å²) >= 11 is 0. The molecule has 19 heavy (non-hydrogen) atoms. The topological polar surface area (TPSA) is 113 Å². The molecule has 1 heterocycles. The number of carboxylic acid groups (broad SMARTS) is 1. The standard InChI is InChI=1S/C11H19N3O5/c1-11(2,3)19-10(18)13-4-5-14(9(12)17)7(6-13)8(15)16/h7H,4-6H2,1-3H3,(H2,12,17)(H,15,16)/t7-/m1/s1. The molecule has 108 valence electrons. The molecule has 3 amide bonds. The van der Waals surface area contributed by atoms with Crippen LogP contribution in [0.3, 0.4) is 0 Å². The molecular weight excluding hydrogens is 254 g/mol. The number of urea groups is 1. The highest BCUT2D eigenvalue weighted by Crippen LogP contribution is 2.15. The van der Waals surface area contributed by atoms with E-state index in [2.05, 4.69) is 0 Å². The summed E-state index contributed by atoms with van der Waals surface area (Å²) in [4.78, 5) is 36.4. The number of hydrogen-bond donors (Lipinski definition) is 2. The van der Waals surface area contributed by atoms with Crippen molar-refractivity contribution in [2.75, 3.05) is 19.6 Å². The Bertz CT molecular complexity index is 390. The van der Waals surface area contributed by atoms with Gasteiger partial charge in [0, 0.05) is 13.1 Å². The molecule has 0 aromatic rings. The van der Waals surface area contributed by atoms with Crippen molar-refractivity contribution in [2.24, 2.45) is 5.73 Å². The van der Waals surface area contributed by atoms with E-state index in [4.69, 9.17) is 15.6 Å². The molecule has 1 saturated heterocycles. The lowest BCUT2D eigenvalue weighted by atomic mass is 10.2. The first-order valence-corrected chi connectivity index (χ1v) is 5.88. The molecule has 0 aromatic heterocycles. The van der Waals surface area contributed by atoms with Crippen LogP contribution in [0.4, 0.5) is 9.59 Å². The van der Waals surface area contributed by atoms with Crippen molar-refractivity contribution < 1.29 is 24.2 Å². The number of nitrogens with zero attached hydrogens (tertiary/aromatic N) is 2. The zero-order valence-corrected chi connectivity index (χ0v) is 11.3. The van der Waals surface area contributed by atoms with Gasteiger partial charge >= 0.3 is 18.1 Å². The van der Waals surface area contributed by atoms with Crippen LogP contribution in [-0.4, -0.2) is 64.3 Å². The maximum Gasteiger partial charge on any atom is 0.410 e. The Balaban J connectivity index is 2.74. The summed E-state index contributed by atoms with van der Waals surface area (Å²) in [5.74, 6) is -1.20. The van der Waals surface area contributed by atoms with Gasteiger partial charge in [0.2, 0.25) is 0 Å². The summed E-state index contributed by atoms with van der Waals surface area (Å²) in [5.41, 5.74) is 4.45. The second-order valence-electron chi connectivity index (χ2n) is 5.31. The maximum absolute atomic E-state index is 11.8. The molecule has 0 saturated carbocycles. The normalized spacial score (nSPS) is 20.1. The van der Waals surface area contributed by atoms with Gasteiger partial charge in [-0.25, -0.2) is 14.4 Å². The number of carboxylic acids is 1. The number of ether oxygens (including phenoxy) is 1. The first-order valence-electron chi connectivity index (χ1n) is 5.88. The number of carbonyl (C=O) groups excluding carboxylic acids is 2. The van der Waals surface area contributed by atoms with Gasteiger partial charge in [-0.05, 0) is 20.8 Å². The van der Waals surface area contributed by atoms with Gasteiger partial charge in [-0.3, -0.25) is 0 Å². The molecule has 1 rings (SSSR count). The van der Waals surface area contributed by atoms with Crippen LogP contribution < -0.4 is 5.73 Å². The summed E-state index contributed by atoms with van der Waals surface area (Å²) in [6.45, 7) is 5.30. The minimum atomic E-state index is -1.20. The molecule has 0 aromatic carbocycles. The Morgan fingerprint density at radius 2 is 1.84 bits per heavy atom. The molecule has 0 radical (unpaired) electrons. The lowest BCUT2D eigenvalue weighted by Crippen LogP contribution is -2.60. The van der Waals surface area contributed by atoms with E-state index in [9.17, 15) is 14.4 Å². The van der Waals surface area contributed by atoms with Crippen LogP contribution in [0, 0.1) is 0 Å². The van der Waals surface area contributed by atoms with Crippen LogP contribution in [0.25, 0.3) is 0 Å². The average Bonchev–Trinajstić information content (AvgIpc) is 2.25. The number of nitrogens with two attached hydrogens (primary N) is 1. The third kappa shape index (κ3) is 4.01. The summed E-state index contributed by atoms with van der Waals surface area (Å²) in [6, 6.07) is -1.95. The van der Waals surface area contributed by atoms with Gasteiger partial charge in [-0.15, -0.1) is 0 Å². The van der Waals surface area contributed by atoms with Crippen LogP contribution in [0.2, 0.25) is 0 Å². The van der Waals surface area contributed by atoms with Gasteiger partial charge in [-0.2, -0.15) is 0 Å². The molecule has 1 aliphatic rings. The highest BCUT2D eigenvalue weighted by atomic mass is 16.6.